The molecule has 0 spiro atoms. The molecular weight excluding hydrogens is 264 g/mol. The Bertz CT molecular complexity index is 553. The van der Waals surface area contributed by atoms with E-state index in [0.717, 1.165) is 6.26 Å². The van der Waals surface area contributed by atoms with Gasteiger partial charge in [0.25, 0.3) is 0 Å². The Balaban J connectivity index is 2.87. The minimum Gasteiger partial charge on any atom is -0.327 e. The lowest BCUT2D eigenvalue weighted by atomic mass is 10.0. The molecule has 0 radical (unpaired) electrons. The van der Waals surface area contributed by atoms with E-state index in [1.165, 1.54) is 6.07 Å². The molecule has 106 valence electrons. The first kappa shape index (κ1) is 15.7. The Labute approximate surface area is 114 Å². The van der Waals surface area contributed by atoms with Gasteiger partial charge in [-0.25, -0.2) is 8.42 Å². The van der Waals surface area contributed by atoms with Gasteiger partial charge in [0.15, 0.2) is 9.84 Å². The van der Waals surface area contributed by atoms with E-state index in [0.29, 0.717) is 5.69 Å². The molecule has 6 heteroatoms. The number of sulfone groups is 1. The zero-order chi connectivity index (χ0) is 14.6. The highest BCUT2D eigenvalue weighted by Gasteiger charge is 2.17. The third-order valence-electron chi connectivity index (χ3n) is 2.84. The quantitative estimate of drug-likeness (QED) is 0.855. The second kappa shape index (κ2) is 6.16. The van der Waals surface area contributed by atoms with Crippen molar-refractivity contribution in [1.29, 1.82) is 0 Å². The van der Waals surface area contributed by atoms with Gasteiger partial charge in [0.2, 0.25) is 5.91 Å². The Hall–Kier alpha value is -1.40. The van der Waals surface area contributed by atoms with Crippen LogP contribution < -0.4 is 11.1 Å². The summed E-state index contributed by atoms with van der Waals surface area (Å²) in [6.07, 6.45) is 1.27. The van der Waals surface area contributed by atoms with Crippen molar-refractivity contribution in [2.24, 2.45) is 11.7 Å². The number of carbonyl (C=O) groups excluding carboxylic acids is 1. The number of para-hydroxylation sites is 1. The predicted molar refractivity (Wildman–Crippen MR) is 75.6 cm³/mol. The molecule has 0 bridgehead atoms. The second-order valence-electron chi connectivity index (χ2n) is 4.93. The van der Waals surface area contributed by atoms with E-state index in [9.17, 15) is 13.2 Å². The summed E-state index contributed by atoms with van der Waals surface area (Å²) in [7, 11) is -3.37. The van der Waals surface area contributed by atoms with Gasteiger partial charge in [-0.2, -0.15) is 0 Å². The molecular formula is C13H20N2O3S. The van der Waals surface area contributed by atoms with Gasteiger partial charge in [-0.05, 0) is 18.1 Å². The number of anilines is 1. The summed E-state index contributed by atoms with van der Waals surface area (Å²) in [6, 6.07) is 6.08. The lowest BCUT2D eigenvalue weighted by Gasteiger charge is -2.16. The Morgan fingerprint density at radius 2 is 1.89 bits per heavy atom. The summed E-state index contributed by atoms with van der Waals surface area (Å²) in [5, 5.41) is 2.60. The number of benzene rings is 1. The van der Waals surface area contributed by atoms with Gasteiger partial charge in [0.05, 0.1) is 10.6 Å². The highest BCUT2D eigenvalue weighted by Crippen LogP contribution is 2.20. The SMILES string of the molecule is CC(C)C(N)CC(=O)Nc1ccccc1S(C)(=O)=O. The van der Waals surface area contributed by atoms with E-state index >= 15 is 0 Å². The van der Waals surface area contributed by atoms with E-state index in [1.54, 1.807) is 18.2 Å². The van der Waals surface area contributed by atoms with Crippen LogP contribution in [0.2, 0.25) is 0 Å². The average Bonchev–Trinajstić information content (AvgIpc) is 2.27. The van der Waals surface area contributed by atoms with E-state index < -0.39 is 9.84 Å². The summed E-state index contributed by atoms with van der Waals surface area (Å²) in [5.74, 6) is -0.0896. The maximum atomic E-state index is 11.8. The normalized spacial score (nSPS) is 13.3. The zero-order valence-corrected chi connectivity index (χ0v) is 12.2. The molecule has 0 saturated heterocycles. The number of nitrogens with one attached hydrogen (secondary N) is 1. The smallest absolute Gasteiger partial charge is 0.225 e. The minimum atomic E-state index is -3.37. The topological polar surface area (TPSA) is 89.3 Å². The molecule has 0 aliphatic heterocycles. The molecule has 1 rings (SSSR count). The van der Waals surface area contributed by atoms with E-state index in [1.807, 2.05) is 13.8 Å². The molecule has 1 aromatic rings. The fraction of sp³-hybridized carbons (Fsp3) is 0.462. The van der Waals surface area contributed by atoms with Crippen molar-refractivity contribution >= 4 is 21.4 Å². The summed E-state index contributed by atoms with van der Waals surface area (Å²) in [5.41, 5.74) is 6.11. The Morgan fingerprint density at radius 1 is 1.32 bits per heavy atom. The first-order valence-electron chi connectivity index (χ1n) is 6.06. The van der Waals surface area contributed by atoms with Gasteiger partial charge >= 0.3 is 0 Å². The van der Waals surface area contributed by atoms with Crippen LogP contribution in [0.25, 0.3) is 0 Å². The van der Waals surface area contributed by atoms with Crippen LogP contribution in [-0.4, -0.2) is 26.6 Å². The van der Waals surface area contributed by atoms with E-state index in [4.69, 9.17) is 5.73 Å². The van der Waals surface area contributed by atoms with Gasteiger partial charge in [-0.3, -0.25) is 4.79 Å². The molecule has 0 aliphatic carbocycles. The first-order valence-corrected chi connectivity index (χ1v) is 7.95. The second-order valence-corrected chi connectivity index (χ2v) is 6.91. The highest BCUT2D eigenvalue weighted by molar-refractivity contribution is 7.90. The van der Waals surface area contributed by atoms with Crippen LogP contribution in [0.3, 0.4) is 0 Å². The molecule has 1 aromatic carbocycles. The molecule has 0 aliphatic rings. The van der Waals surface area contributed by atoms with Crippen molar-refractivity contribution in [3.63, 3.8) is 0 Å². The number of rotatable bonds is 5. The summed E-state index contributed by atoms with van der Waals surface area (Å²) in [6.45, 7) is 3.87. The number of nitrogens with two attached hydrogens (primary N) is 1. The number of amides is 1. The van der Waals surface area contributed by atoms with Crippen molar-refractivity contribution in [3.05, 3.63) is 24.3 Å². The Kier molecular flexibility index (Phi) is 5.08. The standard InChI is InChI=1S/C13H20N2O3S/c1-9(2)10(14)8-13(16)15-11-6-4-5-7-12(11)19(3,17)18/h4-7,9-10H,8,14H2,1-3H3,(H,15,16). The van der Waals surface area contributed by atoms with Gasteiger partial charge < -0.3 is 11.1 Å². The van der Waals surface area contributed by atoms with Crippen molar-refractivity contribution in [2.75, 3.05) is 11.6 Å². The predicted octanol–water partition coefficient (Wildman–Crippen LogP) is 1.40. The third-order valence-corrected chi connectivity index (χ3v) is 3.99. The molecule has 5 nitrogen and oxygen atoms in total. The van der Waals surface area contributed by atoms with Crippen LogP contribution in [-0.2, 0) is 14.6 Å². The first-order chi connectivity index (χ1) is 8.71. The molecule has 1 amide bonds. The highest BCUT2D eigenvalue weighted by atomic mass is 32.2. The van der Waals surface area contributed by atoms with Gasteiger partial charge in [0, 0.05) is 18.7 Å². The van der Waals surface area contributed by atoms with Crippen molar-refractivity contribution < 1.29 is 13.2 Å². The molecule has 1 atom stereocenters. The van der Waals surface area contributed by atoms with Crippen LogP contribution in [0.5, 0.6) is 0 Å². The lowest BCUT2D eigenvalue weighted by molar-refractivity contribution is -0.116. The van der Waals surface area contributed by atoms with Crippen LogP contribution in [0.1, 0.15) is 20.3 Å². The summed E-state index contributed by atoms with van der Waals surface area (Å²) >= 11 is 0. The molecule has 3 N–H and O–H groups in total. The van der Waals surface area contributed by atoms with Crippen molar-refractivity contribution in [2.45, 2.75) is 31.2 Å². The molecule has 0 saturated carbocycles. The van der Waals surface area contributed by atoms with E-state index in [2.05, 4.69) is 5.32 Å². The largest absolute Gasteiger partial charge is 0.327 e. The maximum Gasteiger partial charge on any atom is 0.225 e. The van der Waals surface area contributed by atoms with Crippen molar-refractivity contribution in [1.82, 2.24) is 0 Å². The zero-order valence-electron chi connectivity index (χ0n) is 11.4. The third kappa shape index (κ3) is 4.65. The molecule has 0 heterocycles. The fourth-order valence-electron chi connectivity index (χ4n) is 1.54. The van der Waals surface area contributed by atoms with Crippen LogP contribution in [0, 0.1) is 5.92 Å². The summed E-state index contributed by atoms with van der Waals surface area (Å²) < 4.78 is 23.2. The fourth-order valence-corrected chi connectivity index (χ4v) is 2.39. The molecule has 0 aromatic heterocycles. The number of hydrogen-bond donors (Lipinski definition) is 2. The van der Waals surface area contributed by atoms with Gasteiger partial charge in [-0.15, -0.1) is 0 Å². The van der Waals surface area contributed by atoms with Gasteiger partial charge in [0.1, 0.15) is 0 Å². The number of hydrogen-bond acceptors (Lipinski definition) is 4. The lowest BCUT2D eigenvalue weighted by Crippen LogP contribution is -2.31. The maximum absolute atomic E-state index is 11.8. The van der Waals surface area contributed by atoms with Crippen LogP contribution in [0.15, 0.2) is 29.2 Å². The summed E-state index contributed by atoms with van der Waals surface area (Å²) in [4.78, 5) is 11.9. The average molecular weight is 284 g/mol. The van der Waals surface area contributed by atoms with Gasteiger partial charge in [-0.1, -0.05) is 26.0 Å². The van der Waals surface area contributed by atoms with Crippen molar-refractivity contribution in [3.8, 4) is 0 Å². The molecule has 1 unspecified atom stereocenters. The minimum absolute atomic E-state index is 0.112. The Morgan fingerprint density at radius 3 is 2.42 bits per heavy atom. The monoisotopic (exact) mass is 284 g/mol. The van der Waals surface area contributed by atoms with Crippen LogP contribution >= 0.6 is 0 Å². The molecule has 0 fully saturated rings. The number of carbonyl (C=O) groups is 1. The van der Waals surface area contributed by atoms with Crippen LogP contribution in [0.4, 0.5) is 5.69 Å². The van der Waals surface area contributed by atoms with E-state index in [-0.39, 0.29) is 29.2 Å². The molecule has 19 heavy (non-hydrogen) atoms.